The molecule has 1 N–H and O–H groups in total. The van der Waals surface area contributed by atoms with E-state index in [1.54, 1.807) is 18.3 Å². The Morgan fingerprint density at radius 3 is 2.24 bits per heavy atom. The largest absolute Gasteiger partial charge is 0.490 e. The van der Waals surface area contributed by atoms with E-state index >= 15 is 0 Å². The molecule has 2 aromatic rings. The number of methoxy groups -OCH3 is 1. The molecule has 3 heterocycles. The lowest BCUT2D eigenvalue weighted by Gasteiger charge is -2.20. The van der Waals surface area contributed by atoms with Crippen molar-refractivity contribution in [3.63, 3.8) is 0 Å². The van der Waals surface area contributed by atoms with Crippen LogP contribution in [0.25, 0.3) is 0 Å². The highest BCUT2D eigenvalue weighted by atomic mass is 16.6. The van der Waals surface area contributed by atoms with Crippen LogP contribution in [0.3, 0.4) is 0 Å². The van der Waals surface area contributed by atoms with Gasteiger partial charge in [-0.25, -0.2) is 10.2 Å². The van der Waals surface area contributed by atoms with Crippen molar-refractivity contribution >= 4 is 30.0 Å². The van der Waals surface area contributed by atoms with Gasteiger partial charge in [-0.3, -0.25) is 0 Å². The number of nitrogens with one attached hydrogen (secondary N) is 1. The van der Waals surface area contributed by atoms with Crippen molar-refractivity contribution in [1.29, 1.82) is 0 Å². The zero-order valence-electron chi connectivity index (χ0n) is 19.7. The summed E-state index contributed by atoms with van der Waals surface area (Å²) in [5.41, 5.74) is 3.74. The summed E-state index contributed by atoms with van der Waals surface area (Å²) in [5, 5.41) is 4.33. The average Bonchev–Trinajstić information content (AvgIpc) is 3.58. The predicted octanol–water partition coefficient (Wildman–Crippen LogP) is 2.47. The van der Waals surface area contributed by atoms with Crippen LogP contribution in [0.4, 0.5) is 17.8 Å². The lowest BCUT2D eigenvalue weighted by molar-refractivity contribution is -0.142. The van der Waals surface area contributed by atoms with Gasteiger partial charge in [-0.1, -0.05) is 0 Å². The number of benzene rings is 1. The van der Waals surface area contributed by atoms with Gasteiger partial charge in [-0.05, 0) is 56.4 Å². The zero-order chi connectivity index (χ0) is 23.8. The van der Waals surface area contributed by atoms with E-state index in [1.807, 2.05) is 13.0 Å². The molecule has 2 saturated heterocycles. The summed E-state index contributed by atoms with van der Waals surface area (Å²) >= 11 is 0. The monoisotopic (exact) mass is 469 g/mol. The Hall–Kier alpha value is -3.63. The molecule has 0 spiro atoms. The minimum Gasteiger partial charge on any atom is -0.490 e. The third kappa shape index (κ3) is 6.03. The van der Waals surface area contributed by atoms with E-state index in [9.17, 15) is 4.79 Å². The molecule has 2 aliphatic heterocycles. The van der Waals surface area contributed by atoms with Gasteiger partial charge in [0.15, 0.2) is 18.1 Å². The van der Waals surface area contributed by atoms with E-state index in [0.717, 1.165) is 57.4 Å². The van der Waals surface area contributed by atoms with Gasteiger partial charge in [0.1, 0.15) is 0 Å². The molecule has 0 bridgehead atoms. The Kier molecular flexibility index (Phi) is 7.95. The predicted molar refractivity (Wildman–Crippen MR) is 129 cm³/mol. The van der Waals surface area contributed by atoms with Gasteiger partial charge < -0.3 is 24.0 Å². The highest BCUT2D eigenvalue weighted by Crippen LogP contribution is 2.28. The van der Waals surface area contributed by atoms with Crippen LogP contribution in [-0.2, 0) is 9.53 Å². The molecule has 1 aromatic carbocycles. The maximum absolute atomic E-state index is 11.4. The Balaban J connectivity index is 1.48. The van der Waals surface area contributed by atoms with E-state index in [0.29, 0.717) is 36.0 Å². The second kappa shape index (κ2) is 11.5. The van der Waals surface area contributed by atoms with E-state index < -0.39 is 5.97 Å². The van der Waals surface area contributed by atoms with Gasteiger partial charge in [0.05, 0.1) is 19.9 Å². The second-order valence-corrected chi connectivity index (χ2v) is 8.02. The first-order valence-electron chi connectivity index (χ1n) is 11.7. The molecule has 2 aliphatic rings. The number of carbonyl (C=O) groups is 1. The van der Waals surface area contributed by atoms with Crippen molar-refractivity contribution < 1.29 is 19.0 Å². The molecule has 1 aromatic heterocycles. The number of anilines is 3. The Labute approximate surface area is 199 Å². The zero-order valence-corrected chi connectivity index (χ0v) is 19.7. The molecule has 0 amide bonds. The van der Waals surface area contributed by atoms with Gasteiger partial charge in [0, 0.05) is 26.2 Å². The second-order valence-electron chi connectivity index (χ2n) is 8.02. The van der Waals surface area contributed by atoms with Crippen LogP contribution < -0.4 is 24.7 Å². The first-order chi connectivity index (χ1) is 16.7. The van der Waals surface area contributed by atoms with Crippen molar-refractivity contribution in [3.05, 3.63) is 23.8 Å². The third-order valence-electron chi connectivity index (χ3n) is 5.61. The molecule has 11 heteroatoms. The van der Waals surface area contributed by atoms with Crippen LogP contribution in [-0.4, -0.2) is 73.6 Å². The van der Waals surface area contributed by atoms with Crippen LogP contribution in [0.15, 0.2) is 23.3 Å². The van der Waals surface area contributed by atoms with Crippen molar-refractivity contribution in [1.82, 2.24) is 15.0 Å². The van der Waals surface area contributed by atoms with Crippen LogP contribution in [0.2, 0.25) is 0 Å². The molecule has 182 valence electrons. The molecule has 34 heavy (non-hydrogen) atoms. The van der Waals surface area contributed by atoms with E-state index in [2.05, 4.69) is 35.0 Å². The highest BCUT2D eigenvalue weighted by Gasteiger charge is 2.21. The molecule has 0 atom stereocenters. The van der Waals surface area contributed by atoms with E-state index in [1.165, 1.54) is 7.11 Å². The molecule has 2 fully saturated rings. The van der Waals surface area contributed by atoms with Gasteiger partial charge >= 0.3 is 5.97 Å². The number of esters is 1. The Bertz CT molecular complexity index is 971. The van der Waals surface area contributed by atoms with Crippen molar-refractivity contribution in [3.8, 4) is 11.5 Å². The van der Waals surface area contributed by atoms with Gasteiger partial charge in [0.25, 0.3) is 0 Å². The average molecular weight is 470 g/mol. The van der Waals surface area contributed by atoms with Crippen molar-refractivity contribution in [2.45, 2.75) is 32.6 Å². The normalized spacial score (nSPS) is 15.7. The lowest BCUT2D eigenvalue weighted by atomic mass is 10.2. The lowest BCUT2D eigenvalue weighted by Crippen LogP contribution is -2.25. The minimum atomic E-state index is -0.462. The summed E-state index contributed by atoms with van der Waals surface area (Å²) in [7, 11) is 1.32. The molecule has 0 unspecified atom stereocenters. The van der Waals surface area contributed by atoms with Crippen molar-refractivity contribution in [2.75, 3.05) is 61.7 Å². The number of hydrogen-bond donors (Lipinski definition) is 1. The first-order valence-corrected chi connectivity index (χ1v) is 11.7. The number of ether oxygens (including phenoxy) is 3. The SMILES string of the molecule is CCOc1cc(/C=N/Nc2nc(N3CCCC3)nc(N3CCCC3)n2)ccc1OCC(=O)OC. The third-order valence-corrected chi connectivity index (χ3v) is 5.61. The quantitative estimate of drug-likeness (QED) is 0.316. The summed E-state index contributed by atoms with van der Waals surface area (Å²) in [6, 6.07) is 5.34. The maximum atomic E-state index is 11.4. The van der Waals surface area contributed by atoms with Crippen LogP contribution in [0.1, 0.15) is 38.2 Å². The number of aromatic nitrogens is 3. The number of rotatable bonds is 10. The van der Waals surface area contributed by atoms with Gasteiger partial charge in [-0.15, -0.1) is 0 Å². The Morgan fingerprint density at radius 2 is 1.65 bits per heavy atom. The molecular formula is C23H31N7O4. The fourth-order valence-corrected chi connectivity index (χ4v) is 3.87. The first kappa shape index (κ1) is 23.5. The summed E-state index contributed by atoms with van der Waals surface area (Å²) in [6.07, 6.45) is 6.24. The fourth-order valence-electron chi connectivity index (χ4n) is 3.87. The number of hydrazone groups is 1. The molecule has 11 nitrogen and oxygen atoms in total. The topological polar surface area (TPSA) is 114 Å². The molecule has 0 radical (unpaired) electrons. The fraction of sp³-hybridized carbons (Fsp3) is 0.522. The Morgan fingerprint density at radius 1 is 1.00 bits per heavy atom. The summed E-state index contributed by atoms with van der Waals surface area (Å²) in [5.74, 6) is 2.31. The number of nitrogens with zero attached hydrogens (tertiary/aromatic N) is 6. The molecule has 4 rings (SSSR count). The number of carbonyl (C=O) groups excluding carboxylic acids is 1. The van der Waals surface area contributed by atoms with Crippen LogP contribution >= 0.6 is 0 Å². The summed E-state index contributed by atoms with van der Waals surface area (Å²) < 4.78 is 15.8. The summed E-state index contributed by atoms with van der Waals surface area (Å²) in [6.45, 7) is 5.96. The number of hydrogen-bond acceptors (Lipinski definition) is 11. The minimum absolute atomic E-state index is 0.191. The van der Waals surface area contributed by atoms with Crippen LogP contribution in [0.5, 0.6) is 11.5 Å². The van der Waals surface area contributed by atoms with Gasteiger partial charge in [0.2, 0.25) is 17.8 Å². The smallest absolute Gasteiger partial charge is 0.343 e. The van der Waals surface area contributed by atoms with E-state index in [4.69, 9.17) is 14.5 Å². The van der Waals surface area contributed by atoms with E-state index in [-0.39, 0.29) is 6.61 Å². The standard InChI is InChI=1S/C23H31N7O4/c1-3-33-19-14-17(8-9-18(19)34-16-20(31)32-2)15-24-28-21-25-22(29-10-4-5-11-29)27-23(26-21)30-12-6-7-13-30/h8-9,14-15H,3-7,10-13,16H2,1-2H3,(H,25,26,27,28)/b24-15+. The van der Waals surface area contributed by atoms with Crippen LogP contribution in [0, 0.1) is 0 Å². The maximum Gasteiger partial charge on any atom is 0.343 e. The van der Waals surface area contributed by atoms with Gasteiger partial charge in [-0.2, -0.15) is 20.1 Å². The summed E-state index contributed by atoms with van der Waals surface area (Å²) in [4.78, 5) is 29.7. The van der Waals surface area contributed by atoms with Crippen molar-refractivity contribution in [2.24, 2.45) is 5.10 Å². The molecular weight excluding hydrogens is 438 g/mol. The highest BCUT2D eigenvalue weighted by molar-refractivity contribution is 5.81. The molecule has 0 saturated carbocycles. The molecule has 0 aliphatic carbocycles.